The van der Waals surface area contributed by atoms with Gasteiger partial charge in [-0.2, -0.15) is 5.10 Å². The lowest BCUT2D eigenvalue weighted by atomic mass is 10.1. The van der Waals surface area contributed by atoms with Crippen LogP contribution in [0.1, 0.15) is 17.3 Å². The number of hydrogen-bond donors (Lipinski definition) is 0. The second-order valence-electron chi connectivity index (χ2n) is 5.71. The summed E-state index contributed by atoms with van der Waals surface area (Å²) in [5.41, 5.74) is 0.691. The van der Waals surface area contributed by atoms with E-state index in [1.807, 2.05) is 4.90 Å². The first kappa shape index (κ1) is 16.4. The zero-order chi connectivity index (χ0) is 16.9. The molecule has 0 bridgehead atoms. The fraction of sp³-hybridized carbons (Fsp3) is 0.412. The minimum atomic E-state index is -0.540. The van der Waals surface area contributed by atoms with Gasteiger partial charge in [0.05, 0.1) is 31.0 Å². The highest BCUT2D eigenvalue weighted by atomic mass is 19.1. The third kappa shape index (κ3) is 3.91. The Morgan fingerprint density at radius 2 is 2.21 bits per heavy atom. The standard InChI is InChI=1S/C17H20FN3O3/c1-13(12-21-6-2-5-19-21)24-17(22)14-3-4-16(15(18)11-14)20-7-9-23-10-8-20/h2-6,11,13H,7-10,12H2,1H3/t13-/m1/s1. The number of nitrogens with zero attached hydrogens (tertiary/aromatic N) is 3. The van der Waals surface area contributed by atoms with Gasteiger partial charge in [0.1, 0.15) is 11.9 Å². The van der Waals surface area contributed by atoms with Crippen molar-refractivity contribution in [2.24, 2.45) is 0 Å². The molecule has 2 heterocycles. The van der Waals surface area contributed by atoms with Crippen molar-refractivity contribution in [3.05, 3.63) is 48.0 Å². The molecule has 1 aliphatic rings. The molecular weight excluding hydrogens is 313 g/mol. The predicted octanol–water partition coefficient (Wildman–Crippen LogP) is 2.10. The first-order chi connectivity index (χ1) is 11.6. The molecule has 0 saturated carbocycles. The molecule has 1 aromatic heterocycles. The predicted molar refractivity (Wildman–Crippen MR) is 86.5 cm³/mol. The number of esters is 1. The summed E-state index contributed by atoms with van der Waals surface area (Å²) in [5, 5.41) is 4.06. The van der Waals surface area contributed by atoms with Gasteiger partial charge in [0.25, 0.3) is 0 Å². The maximum absolute atomic E-state index is 14.3. The van der Waals surface area contributed by atoms with E-state index in [0.717, 1.165) is 0 Å². The summed E-state index contributed by atoms with van der Waals surface area (Å²) in [6.07, 6.45) is 3.09. The van der Waals surface area contributed by atoms with E-state index >= 15 is 0 Å². The van der Waals surface area contributed by atoms with Crippen LogP contribution >= 0.6 is 0 Å². The van der Waals surface area contributed by atoms with Crippen molar-refractivity contribution in [1.82, 2.24) is 9.78 Å². The Morgan fingerprint density at radius 3 is 2.88 bits per heavy atom. The molecule has 24 heavy (non-hydrogen) atoms. The van der Waals surface area contributed by atoms with Gasteiger partial charge in [0, 0.05) is 25.5 Å². The van der Waals surface area contributed by atoms with Gasteiger partial charge < -0.3 is 14.4 Å². The Bertz CT molecular complexity index is 684. The van der Waals surface area contributed by atoms with Crippen LogP contribution in [0.3, 0.4) is 0 Å². The van der Waals surface area contributed by atoms with E-state index in [0.29, 0.717) is 38.5 Å². The molecule has 1 fully saturated rings. The average Bonchev–Trinajstić information content (AvgIpc) is 3.08. The number of ether oxygens (including phenoxy) is 2. The summed E-state index contributed by atoms with van der Waals surface area (Å²) in [6.45, 7) is 4.66. The van der Waals surface area contributed by atoms with Gasteiger partial charge in [0.15, 0.2) is 0 Å². The minimum absolute atomic E-state index is 0.205. The lowest BCUT2D eigenvalue weighted by Crippen LogP contribution is -2.36. The molecule has 0 N–H and O–H groups in total. The van der Waals surface area contributed by atoms with Crippen LogP contribution in [-0.2, 0) is 16.0 Å². The fourth-order valence-electron chi connectivity index (χ4n) is 2.65. The fourth-order valence-corrected chi connectivity index (χ4v) is 2.65. The maximum atomic E-state index is 14.3. The van der Waals surface area contributed by atoms with Gasteiger partial charge in [-0.1, -0.05) is 0 Å². The highest BCUT2D eigenvalue weighted by Gasteiger charge is 2.18. The van der Waals surface area contributed by atoms with E-state index in [1.165, 1.54) is 6.07 Å². The second kappa shape index (κ2) is 7.44. The van der Waals surface area contributed by atoms with Gasteiger partial charge in [-0.05, 0) is 31.2 Å². The third-order valence-corrected chi connectivity index (χ3v) is 3.85. The smallest absolute Gasteiger partial charge is 0.338 e. The highest BCUT2D eigenvalue weighted by molar-refractivity contribution is 5.90. The Hall–Kier alpha value is -2.41. The number of morpholine rings is 1. The van der Waals surface area contributed by atoms with E-state index in [4.69, 9.17) is 9.47 Å². The highest BCUT2D eigenvalue weighted by Crippen LogP contribution is 2.22. The van der Waals surface area contributed by atoms with E-state index < -0.39 is 11.8 Å². The molecule has 2 aromatic rings. The molecule has 0 unspecified atom stereocenters. The minimum Gasteiger partial charge on any atom is -0.457 e. The Balaban J connectivity index is 1.63. The lowest BCUT2D eigenvalue weighted by molar-refractivity contribution is 0.0298. The quantitative estimate of drug-likeness (QED) is 0.785. The number of carbonyl (C=O) groups is 1. The van der Waals surface area contributed by atoms with Crippen molar-refractivity contribution in [2.45, 2.75) is 19.6 Å². The van der Waals surface area contributed by atoms with Crippen molar-refractivity contribution in [1.29, 1.82) is 0 Å². The number of carbonyl (C=O) groups excluding carboxylic acids is 1. The van der Waals surface area contributed by atoms with Crippen molar-refractivity contribution in [3.63, 3.8) is 0 Å². The Labute approximate surface area is 139 Å². The largest absolute Gasteiger partial charge is 0.457 e. The van der Waals surface area contributed by atoms with Crippen molar-refractivity contribution in [3.8, 4) is 0 Å². The number of halogens is 1. The molecule has 0 radical (unpaired) electrons. The Morgan fingerprint density at radius 1 is 1.42 bits per heavy atom. The van der Waals surface area contributed by atoms with Gasteiger partial charge in [-0.25, -0.2) is 9.18 Å². The van der Waals surface area contributed by atoms with Crippen molar-refractivity contribution >= 4 is 11.7 Å². The molecule has 1 aromatic carbocycles. The number of rotatable bonds is 5. The molecule has 128 valence electrons. The zero-order valence-electron chi connectivity index (χ0n) is 13.5. The molecule has 7 heteroatoms. The van der Waals surface area contributed by atoms with E-state index in [2.05, 4.69) is 5.10 Å². The molecule has 6 nitrogen and oxygen atoms in total. The van der Waals surface area contributed by atoms with E-state index in [9.17, 15) is 9.18 Å². The summed E-state index contributed by atoms with van der Waals surface area (Å²) in [7, 11) is 0. The van der Waals surface area contributed by atoms with E-state index in [1.54, 1.807) is 42.2 Å². The molecule has 0 aliphatic carbocycles. The first-order valence-corrected chi connectivity index (χ1v) is 7.94. The summed E-state index contributed by atoms with van der Waals surface area (Å²) in [5.74, 6) is -0.965. The number of anilines is 1. The van der Waals surface area contributed by atoms with Crippen LogP contribution in [0.5, 0.6) is 0 Å². The summed E-state index contributed by atoms with van der Waals surface area (Å²) in [4.78, 5) is 14.1. The molecule has 1 saturated heterocycles. The summed E-state index contributed by atoms with van der Waals surface area (Å²) < 4.78 is 26.6. The van der Waals surface area contributed by atoms with Crippen molar-refractivity contribution in [2.75, 3.05) is 31.2 Å². The average molecular weight is 333 g/mol. The van der Waals surface area contributed by atoms with Crippen molar-refractivity contribution < 1.29 is 18.7 Å². The van der Waals surface area contributed by atoms with Crippen LogP contribution in [0.25, 0.3) is 0 Å². The topological polar surface area (TPSA) is 56.6 Å². The van der Waals surface area contributed by atoms with Crippen LogP contribution in [0.2, 0.25) is 0 Å². The second-order valence-corrected chi connectivity index (χ2v) is 5.71. The monoisotopic (exact) mass is 333 g/mol. The van der Waals surface area contributed by atoms with Crippen LogP contribution < -0.4 is 4.90 Å². The summed E-state index contributed by atoms with van der Waals surface area (Å²) in [6, 6.07) is 6.24. The molecule has 0 spiro atoms. The number of aromatic nitrogens is 2. The molecular formula is C17H20FN3O3. The third-order valence-electron chi connectivity index (χ3n) is 3.85. The van der Waals surface area contributed by atoms with Gasteiger partial charge in [0.2, 0.25) is 0 Å². The number of benzene rings is 1. The first-order valence-electron chi connectivity index (χ1n) is 7.94. The SMILES string of the molecule is C[C@H](Cn1cccn1)OC(=O)c1ccc(N2CCOCC2)c(F)c1. The maximum Gasteiger partial charge on any atom is 0.338 e. The van der Waals surface area contributed by atoms with Crippen LogP contribution in [0.15, 0.2) is 36.7 Å². The normalized spacial score (nSPS) is 16.0. The number of hydrogen-bond acceptors (Lipinski definition) is 5. The molecule has 1 aliphatic heterocycles. The van der Waals surface area contributed by atoms with Gasteiger partial charge >= 0.3 is 5.97 Å². The van der Waals surface area contributed by atoms with Crippen LogP contribution in [0.4, 0.5) is 10.1 Å². The van der Waals surface area contributed by atoms with Crippen LogP contribution in [0, 0.1) is 5.82 Å². The van der Waals surface area contributed by atoms with Gasteiger partial charge in [-0.3, -0.25) is 4.68 Å². The lowest BCUT2D eigenvalue weighted by Gasteiger charge is -2.29. The van der Waals surface area contributed by atoms with Gasteiger partial charge in [-0.15, -0.1) is 0 Å². The molecule has 0 amide bonds. The van der Waals surface area contributed by atoms with E-state index in [-0.39, 0.29) is 11.7 Å². The zero-order valence-corrected chi connectivity index (χ0v) is 13.5. The molecule has 3 rings (SSSR count). The molecule has 1 atom stereocenters. The van der Waals surface area contributed by atoms with Crippen LogP contribution in [-0.4, -0.2) is 48.2 Å². The summed E-state index contributed by atoms with van der Waals surface area (Å²) >= 11 is 0. The Kier molecular flexibility index (Phi) is 5.10.